The highest BCUT2D eigenvalue weighted by molar-refractivity contribution is 6.42. The Morgan fingerprint density at radius 3 is 2.53 bits per heavy atom. The topological polar surface area (TPSA) is 12.0 Å². The number of halogens is 3. The molecule has 2 aromatic rings. The van der Waals surface area contributed by atoms with E-state index in [1.807, 2.05) is 25.1 Å². The fraction of sp³-hybridized carbons (Fsp3) is 0.200. The molecule has 0 heterocycles. The van der Waals surface area contributed by atoms with Gasteiger partial charge in [0, 0.05) is 11.3 Å². The molecule has 0 radical (unpaired) electrons. The summed E-state index contributed by atoms with van der Waals surface area (Å²) in [4.78, 5) is 0. The minimum atomic E-state index is -0.227. The first-order chi connectivity index (χ1) is 9.00. The quantitative estimate of drug-likeness (QED) is 0.776. The van der Waals surface area contributed by atoms with E-state index in [1.54, 1.807) is 19.1 Å². The van der Waals surface area contributed by atoms with Crippen molar-refractivity contribution >= 4 is 28.9 Å². The summed E-state index contributed by atoms with van der Waals surface area (Å²) in [5, 5.41) is 4.30. The van der Waals surface area contributed by atoms with Crippen molar-refractivity contribution in [3.05, 3.63) is 63.4 Å². The second-order valence-electron chi connectivity index (χ2n) is 4.42. The average molecular weight is 298 g/mol. The molecule has 0 amide bonds. The van der Waals surface area contributed by atoms with Crippen LogP contribution in [0.15, 0.2) is 36.4 Å². The van der Waals surface area contributed by atoms with Gasteiger partial charge in [0.15, 0.2) is 0 Å². The van der Waals surface area contributed by atoms with Crippen LogP contribution in [0.25, 0.3) is 0 Å². The lowest BCUT2D eigenvalue weighted by Crippen LogP contribution is -2.09. The molecule has 0 aliphatic rings. The van der Waals surface area contributed by atoms with Gasteiger partial charge in [-0.25, -0.2) is 4.39 Å². The zero-order valence-electron chi connectivity index (χ0n) is 10.7. The summed E-state index contributed by atoms with van der Waals surface area (Å²) >= 11 is 12.2. The molecule has 2 rings (SSSR count). The number of hydrogen-bond acceptors (Lipinski definition) is 1. The summed E-state index contributed by atoms with van der Waals surface area (Å²) in [7, 11) is 0. The first kappa shape index (κ1) is 14.2. The van der Waals surface area contributed by atoms with E-state index in [-0.39, 0.29) is 11.9 Å². The zero-order chi connectivity index (χ0) is 14.0. The Labute approximate surface area is 122 Å². The van der Waals surface area contributed by atoms with Gasteiger partial charge in [0.25, 0.3) is 0 Å². The largest absolute Gasteiger partial charge is 0.378 e. The van der Waals surface area contributed by atoms with Crippen molar-refractivity contribution in [3.63, 3.8) is 0 Å². The van der Waals surface area contributed by atoms with Crippen LogP contribution in [0.5, 0.6) is 0 Å². The maximum absolute atomic E-state index is 13.5. The fourth-order valence-electron chi connectivity index (χ4n) is 1.93. The standard InChI is InChI=1S/C15H14Cl2FN/c1-9-13(18)7-4-8-14(9)19-10(2)11-5-3-6-12(16)15(11)17/h3-8,10,19H,1-2H3. The van der Waals surface area contributed by atoms with E-state index in [1.165, 1.54) is 6.07 Å². The van der Waals surface area contributed by atoms with Crippen LogP contribution in [0, 0.1) is 12.7 Å². The molecule has 0 saturated heterocycles. The van der Waals surface area contributed by atoms with Gasteiger partial charge in [0.2, 0.25) is 0 Å². The van der Waals surface area contributed by atoms with E-state index in [9.17, 15) is 4.39 Å². The number of rotatable bonds is 3. The van der Waals surface area contributed by atoms with Crippen LogP contribution in [0.1, 0.15) is 24.1 Å². The van der Waals surface area contributed by atoms with Gasteiger partial charge in [0.05, 0.1) is 16.1 Å². The Bertz CT molecular complexity index is 599. The monoisotopic (exact) mass is 297 g/mol. The Morgan fingerprint density at radius 2 is 1.79 bits per heavy atom. The molecule has 1 atom stereocenters. The molecule has 100 valence electrons. The zero-order valence-corrected chi connectivity index (χ0v) is 12.2. The van der Waals surface area contributed by atoms with E-state index in [0.717, 1.165) is 11.3 Å². The lowest BCUT2D eigenvalue weighted by Gasteiger charge is -2.19. The van der Waals surface area contributed by atoms with Crippen molar-refractivity contribution in [2.75, 3.05) is 5.32 Å². The fourth-order valence-corrected chi connectivity index (χ4v) is 2.40. The SMILES string of the molecule is Cc1c(F)cccc1NC(C)c1cccc(Cl)c1Cl. The predicted octanol–water partition coefficient (Wildman–Crippen LogP) is 5.61. The summed E-state index contributed by atoms with van der Waals surface area (Å²) < 4.78 is 13.5. The second-order valence-corrected chi connectivity index (χ2v) is 5.21. The Morgan fingerprint density at radius 1 is 1.11 bits per heavy atom. The van der Waals surface area contributed by atoms with Crippen molar-refractivity contribution in [3.8, 4) is 0 Å². The van der Waals surface area contributed by atoms with Gasteiger partial charge < -0.3 is 5.32 Å². The van der Waals surface area contributed by atoms with Crippen LogP contribution in [-0.4, -0.2) is 0 Å². The molecule has 4 heteroatoms. The molecule has 19 heavy (non-hydrogen) atoms. The maximum atomic E-state index is 13.5. The summed E-state index contributed by atoms with van der Waals surface area (Å²) in [6, 6.07) is 10.4. The molecular formula is C15H14Cl2FN. The van der Waals surface area contributed by atoms with Crippen molar-refractivity contribution < 1.29 is 4.39 Å². The van der Waals surface area contributed by atoms with Crippen molar-refractivity contribution in [1.29, 1.82) is 0 Å². The molecule has 0 bridgehead atoms. The van der Waals surface area contributed by atoms with Gasteiger partial charge >= 0.3 is 0 Å². The number of hydrogen-bond donors (Lipinski definition) is 1. The number of benzene rings is 2. The summed E-state index contributed by atoms with van der Waals surface area (Å²) in [5.41, 5.74) is 2.23. The highest BCUT2D eigenvalue weighted by Crippen LogP contribution is 2.32. The average Bonchev–Trinajstić information content (AvgIpc) is 2.38. The summed E-state index contributed by atoms with van der Waals surface area (Å²) in [6.45, 7) is 3.70. The molecule has 1 unspecified atom stereocenters. The normalized spacial score (nSPS) is 12.3. The van der Waals surface area contributed by atoms with Gasteiger partial charge in [-0.05, 0) is 37.6 Å². The van der Waals surface area contributed by atoms with Crippen LogP contribution in [0.2, 0.25) is 10.0 Å². The Balaban J connectivity index is 2.28. The van der Waals surface area contributed by atoms with Gasteiger partial charge in [-0.2, -0.15) is 0 Å². The van der Waals surface area contributed by atoms with E-state index in [0.29, 0.717) is 15.6 Å². The third-order valence-electron chi connectivity index (χ3n) is 3.09. The third-order valence-corrected chi connectivity index (χ3v) is 3.92. The molecular weight excluding hydrogens is 284 g/mol. The van der Waals surface area contributed by atoms with Crippen molar-refractivity contribution in [2.24, 2.45) is 0 Å². The number of anilines is 1. The first-order valence-corrected chi connectivity index (χ1v) is 6.72. The van der Waals surface area contributed by atoms with Crippen molar-refractivity contribution in [2.45, 2.75) is 19.9 Å². The minimum absolute atomic E-state index is 0.0632. The highest BCUT2D eigenvalue weighted by Gasteiger charge is 2.13. The highest BCUT2D eigenvalue weighted by atomic mass is 35.5. The van der Waals surface area contributed by atoms with Gasteiger partial charge in [0.1, 0.15) is 5.82 Å². The van der Waals surface area contributed by atoms with E-state index < -0.39 is 0 Å². The molecule has 1 N–H and O–H groups in total. The molecule has 0 aliphatic carbocycles. The summed E-state index contributed by atoms with van der Waals surface area (Å²) in [6.07, 6.45) is 0. The Hall–Kier alpha value is -1.25. The third kappa shape index (κ3) is 3.02. The second kappa shape index (κ2) is 5.81. The van der Waals surface area contributed by atoms with Crippen LogP contribution in [-0.2, 0) is 0 Å². The molecule has 0 aromatic heterocycles. The molecule has 0 saturated carbocycles. The lowest BCUT2D eigenvalue weighted by molar-refractivity contribution is 0.618. The van der Waals surface area contributed by atoms with Crippen molar-refractivity contribution in [1.82, 2.24) is 0 Å². The molecule has 0 aliphatic heterocycles. The Kier molecular flexibility index (Phi) is 4.33. The molecule has 2 aromatic carbocycles. The van der Waals surface area contributed by atoms with Gasteiger partial charge in [-0.15, -0.1) is 0 Å². The molecule has 0 spiro atoms. The minimum Gasteiger partial charge on any atom is -0.378 e. The van der Waals surface area contributed by atoms with E-state index in [2.05, 4.69) is 5.32 Å². The van der Waals surface area contributed by atoms with Crippen LogP contribution < -0.4 is 5.32 Å². The van der Waals surface area contributed by atoms with Crippen LogP contribution >= 0.6 is 23.2 Å². The molecule has 1 nitrogen and oxygen atoms in total. The van der Waals surface area contributed by atoms with Gasteiger partial charge in [-0.1, -0.05) is 41.4 Å². The number of nitrogens with one attached hydrogen (secondary N) is 1. The summed E-state index contributed by atoms with van der Waals surface area (Å²) in [5.74, 6) is -0.227. The smallest absolute Gasteiger partial charge is 0.128 e. The van der Waals surface area contributed by atoms with Gasteiger partial charge in [-0.3, -0.25) is 0 Å². The predicted molar refractivity (Wildman–Crippen MR) is 79.6 cm³/mol. The lowest BCUT2D eigenvalue weighted by atomic mass is 10.1. The van der Waals surface area contributed by atoms with E-state index >= 15 is 0 Å². The van der Waals surface area contributed by atoms with Crippen LogP contribution in [0.4, 0.5) is 10.1 Å². The first-order valence-electron chi connectivity index (χ1n) is 5.96. The van der Waals surface area contributed by atoms with Crippen LogP contribution in [0.3, 0.4) is 0 Å². The van der Waals surface area contributed by atoms with E-state index in [4.69, 9.17) is 23.2 Å². The maximum Gasteiger partial charge on any atom is 0.128 e. The molecule has 0 fully saturated rings.